The first-order valence-corrected chi connectivity index (χ1v) is 13.8. The van der Waals surface area contributed by atoms with Crippen LogP contribution in [-0.2, 0) is 14.8 Å². The van der Waals surface area contributed by atoms with Crippen molar-refractivity contribution in [1.29, 1.82) is 0 Å². The highest BCUT2D eigenvalue weighted by Crippen LogP contribution is 2.35. The number of amides is 1. The maximum atomic E-state index is 13.9. The second-order valence-corrected chi connectivity index (χ2v) is 11.3. The highest BCUT2D eigenvalue weighted by molar-refractivity contribution is 7.92. The van der Waals surface area contributed by atoms with Crippen LogP contribution in [0.1, 0.15) is 28.3 Å². The Kier molecular flexibility index (Phi) is 8.39. The van der Waals surface area contributed by atoms with E-state index in [0.29, 0.717) is 5.02 Å². The minimum atomic E-state index is -4.15. The molecule has 1 atom stereocenters. The molecular formula is C30H29ClN2O4S. The molecule has 0 spiro atoms. The van der Waals surface area contributed by atoms with E-state index >= 15 is 0 Å². The van der Waals surface area contributed by atoms with Crippen LogP contribution in [-0.4, -0.2) is 28.0 Å². The number of carbonyl (C=O) groups excluding carboxylic acids is 1. The molecule has 0 unspecified atom stereocenters. The smallest absolute Gasteiger partial charge is 0.264 e. The summed E-state index contributed by atoms with van der Waals surface area (Å²) in [6.07, 6.45) is 0. The summed E-state index contributed by atoms with van der Waals surface area (Å²) in [6.45, 7) is 3.38. The summed E-state index contributed by atoms with van der Waals surface area (Å²) in [6, 6.07) is 28.0. The number of halogens is 1. The zero-order chi connectivity index (χ0) is 27.3. The molecule has 38 heavy (non-hydrogen) atoms. The predicted molar refractivity (Wildman–Crippen MR) is 151 cm³/mol. The Hall–Kier alpha value is -3.81. The number of methoxy groups -OCH3 is 1. The Morgan fingerprint density at radius 2 is 1.45 bits per heavy atom. The first-order valence-electron chi connectivity index (χ1n) is 12.0. The van der Waals surface area contributed by atoms with Crippen LogP contribution in [0.5, 0.6) is 5.75 Å². The highest BCUT2D eigenvalue weighted by atomic mass is 35.5. The van der Waals surface area contributed by atoms with E-state index in [-0.39, 0.29) is 16.3 Å². The SMILES string of the molecule is COc1ccc(Cl)cc1N(CC(=O)N[C@H](c1ccccc1)c1ccc(C)cc1)S(=O)(=O)c1ccc(C)cc1. The molecule has 0 aliphatic rings. The number of nitrogens with one attached hydrogen (secondary N) is 1. The number of nitrogens with zero attached hydrogens (tertiary/aromatic N) is 1. The lowest BCUT2D eigenvalue weighted by Gasteiger charge is -2.27. The second-order valence-electron chi connectivity index (χ2n) is 8.96. The molecule has 0 heterocycles. The Bertz CT molecular complexity index is 1510. The number of benzene rings is 4. The molecule has 0 radical (unpaired) electrons. The number of sulfonamides is 1. The lowest BCUT2D eigenvalue weighted by Crippen LogP contribution is -2.42. The normalized spacial score (nSPS) is 12.0. The quantitative estimate of drug-likeness (QED) is 0.275. The van der Waals surface area contributed by atoms with Gasteiger partial charge in [-0.05, 0) is 55.3 Å². The van der Waals surface area contributed by atoms with E-state index in [1.165, 1.54) is 25.3 Å². The molecule has 0 saturated carbocycles. The van der Waals surface area contributed by atoms with Crippen molar-refractivity contribution in [2.24, 2.45) is 0 Å². The lowest BCUT2D eigenvalue weighted by atomic mass is 9.98. The van der Waals surface area contributed by atoms with Gasteiger partial charge in [-0.2, -0.15) is 0 Å². The van der Waals surface area contributed by atoms with Crippen molar-refractivity contribution >= 4 is 33.2 Å². The average molecular weight is 549 g/mol. The average Bonchev–Trinajstić information content (AvgIpc) is 2.91. The fourth-order valence-corrected chi connectivity index (χ4v) is 5.69. The number of aryl methyl sites for hydroxylation is 2. The van der Waals surface area contributed by atoms with Gasteiger partial charge in [0.05, 0.1) is 23.7 Å². The molecule has 6 nitrogen and oxygen atoms in total. The minimum absolute atomic E-state index is 0.0519. The van der Waals surface area contributed by atoms with Crippen LogP contribution >= 0.6 is 11.6 Å². The maximum Gasteiger partial charge on any atom is 0.264 e. The molecule has 4 aromatic rings. The summed E-state index contributed by atoms with van der Waals surface area (Å²) >= 11 is 6.25. The third kappa shape index (κ3) is 6.18. The first-order chi connectivity index (χ1) is 18.2. The van der Waals surface area contributed by atoms with Gasteiger partial charge < -0.3 is 10.1 Å². The van der Waals surface area contributed by atoms with Crippen molar-refractivity contribution in [2.75, 3.05) is 18.0 Å². The van der Waals surface area contributed by atoms with Crippen molar-refractivity contribution in [2.45, 2.75) is 24.8 Å². The summed E-state index contributed by atoms with van der Waals surface area (Å²) in [7, 11) is -2.72. The Balaban J connectivity index is 1.74. The number of hydrogen-bond acceptors (Lipinski definition) is 4. The molecule has 1 N–H and O–H groups in total. The van der Waals surface area contributed by atoms with E-state index < -0.39 is 28.5 Å². The third-order valence-corrected chi connectivity index (χ3v) is 8.16. The molecule has 196 valence electrons. The zero-order valence-electron chi connectivity index (χ0n) is 21.4. The third-order valence-electron chi connectivity index (χ3n) is 6.15. The minimum Gasteiger partial charge on any atom is -0.495 e. The molecule has 4 aromatic carbocycles. The molecule has 0 fully saturated rings. The van der Waals surface area contributed by atoms with E-state index in [1.807, 2.05) is 68.4 Å². The summed E-state index contributed by atoms with van der Waals surface area (Å²) in [4.78, 5) is 13.6. The molecule has 0 aliphatic carbocycles. The van der Waals surface area contributed by atoms with Gasteiger partial charge in [0.15, 0.2) is 0 Å². The molecule has 0 saturated heterocycles. The van der Waals surface area contributed by atoms with Crippen LogP contribution in [0.15, 0.2) is 102 Å². The fourth-order valence-electron chi connectivity index (χ4n) is 4.10. The van der Waals surface area contributed by atoms with E-state index in [2.05, 4.69) is 5.32 Å². The molecule has 0 bridgehead atoms. The van der Waals surface area contributed by atoms with Crippen molar-refractivity contribution in [3.63, 3.8) is 0 Å². The molecule has 0 aromatic heterocycles. The fraction of sp³-hybridized carbons (Fsp3) is 0.167. The van der Waals surface area contributed by atoms with E-state index in [0.717, 1.165) is 26.6 Å². The van der Waals surface area contributed by atoms with E-state index in [9.17, 15) is 13.2 Å². The number of rotatable bonds is 9. The summed E-state index contributed by atoms with van der Waals surface area (Å²) in [5.74, 6) is -0.215. The number of carbonyl (C=O) groups is 1. The van der Waals surface area contributed by atoms with Gasteiger partial charge in [0, 0.05) is 5.02 Å². The standard InChI is InChI=1S/C30H29ClN2O4S/c1-21-9-13-24(14-10-21)30(23-7-5-4-6-8-23)32-29(34)20-33(27-19-25(31)15-18-28(27)37-3)38(35,36)26-16-11-22(2)12-17-26/h4-19,30H,20H2,1-3H3,(H,32,34)/t30-/m1/s1. The number of hydrogen-bond donors (Lipinski definition) is 1. The van der Waals surface area contributed by atoms with Gasteiger partial charge in [-0.25, -0.2) is 8.42 Å². The lowest BCUT2D eigenvalue weighted by molar-refractivity contribution is -0.120. The Morgan fingerprint density at radius 1 is 0.868 bits per heavy atom. The van der Waals surface area contributed by atoms with Gasteiger partial charge in [0.1, 0.15) is 12.3 Å². The number of ether oxygens (including phenoxy) is 1. The van der Waals surface area contributed by atoms with Crippen molar-refractivity contribution in [3.8, 4) is 5.75 Å². The van der Waals surface area contributed by atoms with Crippen molar-refractivity contribution < 1.29 is 17.9 Å². The predicted octanol–water partition coefficient (Wildman–Crippen LogP) is 6.07. The van der Waals surface area contributed by atoms with Crippen LogP contribution in [0.3, 0.4) is 0 Å². The van der Waals surface area contributed by atoms with Gasteiger partial charge in [-0.1, -0.05) is 89.5 Å². The van der Waals surface area contributed by atoms with E-state index in [4.69, 9.17) is 16.3 Å². The zero-order valence-corrected chi connectivity index (χ0v) is 23.0. The van der Waals surface area contributed by atoms with Crippen molar-refractivity contribution in [1.82, 2.24) is 5.32 Å². The van der Waals surface area contributed by atoms with Gasteiger partial charge in [0.25, 0.3) is 10.0 Å². The van der Waals surface area contributed by atoms with E-state index in [1.54, 1.807) is 24.3 Å². The first kappa shape index (κ1) is 27.2. The molecule has 4 rings (SSSR count). The summed E-state index contributed by atoms with van der Waals surface area (Å²) in [5, 5.41) is 3.35. The molecular weight excluding hydrogens is 520 g/mol. The number of anilines is 1. The largest absolute Gasteiger partial charge is 0.495 e. The Labute approximate surface area is 228 Å². The molecule has 1 amide bonds. The van der Waals surface area contributed by atoms with Crippen LogP contribution < -0.4 is 14.4 Å². The van der Waals surface area contributed by atoms with Crippen LogP contribution in [0.4, 0.5) is 5.69 Å². The summed E-state index contributed by atoms with van der Waals surface area (Å²) < 4.78 is 34.2. The Morgan fingerprint density at radius 3 is 2.05 bits per heavy atom. The highest BCUT2D eigenvalue weighted by Gasteiger charge is 2.30. The molecule has 0 aliphatic heterocycles. The van der Waals surface area contributed by atoms with Crippen LogP contribution in [0.2, 0.25) is 5.02 Å². The van der Waals surface area contributed by atoms with Crippen LogP contribution in [0, 0.1) is 13.8 Å². The van der Waals surface area contributed by atoms with Gasteiger partial charge >= 0.3 is 0 Å². The van der Waals surface area contributed by atoms with Crippen LogP contribution in [0.25, 0.3) is 0 Å². The summed E-state index contributed by atoms with van der Waals surface area (Å²) in [5.41, 5.74) is 3.93. The van der Waals surface area contributed by atoms with Crippen molar-refractivity contribution in [3.05, 3.63) is 124 Å². The maximum absolute atomic E-state index is 13.9. The van der Waals surface area contributed by atoms with Gasteiger partial charge in [-0.3, -0.25) is 9.10 Å². The monoisotopic (exact) mass is 548 g/mol. The van der Waals surface area contributed by atoms with Gasteiger partial charge in [-0.15, -0.1) is 0 Å². The second kappa shape index (κ2) is 11.7. The topological polar surface area (TPSA) is 75.7 Å². The molecule has 8 heteroatoms. The van der Waals surface area contributed by atoms with Gasteiger partial charge in [0.2, 0.25) is 5.91 Å².